The van der Waals surface area contributed by atoms with Gasteiger partial charge in [0.2, 0.25) is 0 Å². The lowest BCUT2D eigenvalue weighted by molar-refractivity contribution is 0.306. The summed E-state index contributed by atoms with van der Waals surface area (Å²) in [6.45, 7) is 3.77. The molecule has 1 aliphatic rings. The molecular formula is C19H33IN4S. The first-order valence-electron chi connectivity index (χ1n) is 8.93. The molecule has 0 heterocycles. The second-order valence-electron chi connectivity index (χ2n) is 6.62. The average Bonchev–Trinajstić information content (AvgIpc) is 3.03. The van der Waals surface area contributed by atoms with Gasteiger partial charge in [0.1, 0.15) is 0 Å². The van der Waals surface area contributed by atoms with Crippen LogP contribution in [0.5, 0.6) is 0 Å². The first-order chi connectivity index (χ1) is 11.6. The highest BCUT2D eigenvalue weighted by Gasteiger charge is 2.24. The molecule has 0 aliphatic heterocycles. The molecule has 0 aromatic heterocycles. The van der Waals surface area contributed by atoms with Gasteiger partial charge in [0.05, 0.1) is 12.6 Å². The highest BCUT2D eigenvalue weighted by atomic mass is 127. The number of benzene rings is 1. The smallest absolute Gasteiger partial charge is 0.191 e. The zero-order valence-electron chi connectivity index (χ0n) is 15.9. The SMILES string of the molecule is CCNC(=NCC(c1ccccc1)N(C)C)NC1CCC(SC)C1.I. The van der Waals surface area contributed by atoms with Crippen molar-refractivity contribution in [2.24, 2.45) is 4.99 Å². The molecule has 2 N–H and O–H groups in total. The Labute approximate surface area is 174 Å². The molecule has 1 saturated carbocycles. The second kappa shape index (κ2) is 12.0. The summed E-state index contributed by atoms with van der Waals surface area (Å²) < 4.78 is 0. The van der Waals surface area contributed by atoms with Crippen LogP contribution in [-0.4, -0.2) is 55.6 Å². The van der Waals surface area contributed by atoms with E-state index in [1.165, 1.54) is 24.8 Å². The van der Waals surface area contributed by atoms with Crippen molar-refractivity contribution in [3.63, 3.8) is 0 Å². The Kier molecular flexibility index (Phi) is 10.8. The first-order valence-corrected chi connectivity index (χ1v) is 10.2. The van der Waals surface area contributed by atoms with Gasteiger partial charge in [0.15, 0.2) is 5.96 Å². The molecule has 6 heteroatoms. The number of rotatable bonds is 7. The molecule has 0 spiro atoms. The van der Waals surface area contributed by atoms with Gasteiger partial charge >= 0.3 is 0 Å². The minimum atomic E-state index is 0. The second-order valence-corrected chi connectivity index (χ2v) is 7.76. The predicted octanol–water partition coefficient (Wildman–Crippen LogP) is 3.75. The van der Waals surface area contributed by atoms with Crippen molar-refractivity contribution < 1.29 is 0 Å². The third-order valence-corrected chi connectivity index (χ3v) is 5.73. The highest BCUT2D eigenvalue weighted by molar-refractivity contribution is 14.0. The minimum absolute atomic E-state index is 0. The summed E-state index contributed by atoms with van der Waals surface area (Å²) in [5.41, 5.74) is 1.31. The number of guanidine groups is 1. The van der Waals surface area contributed by atoms with Gasteiger partial charge in [-0.25, -0.2) is 0 Å². The van der Waals surface area contributed by atoms with E-state index in [1.807, 2.05) is 11.8 Å². The van der Waals surface area contributed by atoms with Gasteiger partial charge in [0, 0.05) is 17.8 Å². The number of halogens is 1. The number of nitrogens with zero attached hydrogens (tertiary/aromatic N) is 2. The third kappa shape index (κ3) is 7.35. The molecule has 0 radical (unpaired) electrons. The molecule has 1 aliphatic carbocycles. The summed E-state index contributed by atoms with van der Waals surface area (Å²) >= 11 is 1.99. The summed E-state index contributed by atoms with van der Waals surface area (Å²) in [5, 5.41) is 7.83. The predicted molar refractivity (Wildman–Crippen MR) is 122 cm³/mol. The van der Waals surface area contributed by atoms with E-state index >= 15 is 0 Å². The van der Waals surface area contributed by atoms with Crippen molar-refractivity contribution >= 4 is 41.7 Å². The van der Waals surface area contributed by atoms with Crippen LogP contribution in [0.2, 0.25) is 0 Å². The summed E-state index contributed by atoms with van der Waals surface area (Å²) in [6, 6.07) is 11.5. The van der Waals surface area contributed by atoms with E-state index in [0.717, 1.165) is 24.3 Å². The zero-order valence-corrected chi connectivity index (χ0v) is 19.0. The molecule has 142 valence electrons. The van der Waals surface area contributed by atoms with Crippen LogP contribution >= 0.6 is 35.7 Å². The standard InChI is InChI=1S/C19H32N4S.HI/c1-5-20-19(22-16-11-12-17(13-16)24-4)21-14-18(23(2)3)15-9-7-6-8-10-15;/h6-10,16-18H,5,11-14H2,1-4H3,(H2,20,21,22);1H. The maximum Gasteiger partial charge on any atom is 0.191 e. The quantitative estimate of drug-likeness (QED) is 0.357. The van der Waals surface area contributed by atoms with E-state index < -0.39 is 0 Å². The Bertz CT molecular complexity index is 509. The number of aliphatic imine (C=N–C) groups is 1. The van der Waals surface area contributed by atoms with Crippen LogP contribution in [0.4, 0.5) is 0 Å². The molecule has 2 rings (SSSR count). The summed E-state index contributed by atoms with van der Waals surface area (Å²) in [6.07, 6.45) is 6.00. The largest absolute Gasteiger partial charge is 0.357 e. The highest BCUT2D eigenvalue weighted by Crippen LogP contribution is 2.28. The number of nitrogens with one attached hydrogen (secondary N) is 2. The monoisotopic (exact) mass is 476 g/mol. The van der Waals surface area contributed by atoms with Gasteiger partial charge in [-0.1, -0.05) is 30.3 Å². The van der Waals surface area contributed by atoms with Crippen LogP contribution in [0, 0.1) is 0 Å². The van der Waals surface area contributed by atoms with Crippen molar-refractivity contribution in [1.82, 2.24) is 15.5 Å². The Balaban J connectivity index is 0.00000312. The summed E-state index contributed by atoms with van der Waals surface area (Å²) in [5.74, 6) is 0.951. The van der Waals surface area contributed by atoms with E-state index in [1.54, 1.807) is 0 Å². The van der Waals surface area contributed by atoms with Crippen LogP contribution in [0.15, 0.2) is 35.3 Å². The van der Waals surface area contributed by atoms with E-state index in [4.69, 9.17) is 4.99 Å². The van der Waals surface area contributed by atoms with E-state index in [9.17, 15) is 0 Å². The Hall–Kier alpha value is -0.470. The molecule has 0 amide bonds. The fraction of sp³-hybridized carbons (Fsp3) is 0.632. The average molecular weight is 476 g/mol. The van der Waals surface area contributed by atoms with Crippen LogP contribution in [0.1, 0.15) is 37.8 Å². The zero-order chi connectivity index (χ0) is 17.4. The lowest BCUT2D eigenvalue weighted by Crippen LogP contribution is -2.43. The van der Waals surface area contributed by atoms with Crippen molar-refractivity contribution in [2.45, 2.75) is 43.5 Å². The van der Waals surface area contributed by atoms with Crippen LogP contribution in [0.3, 0.4) is 0 Å². The Morgan fingerprint density at radius 1 is 1.28 bits per heavy atom. The lowest BCUT2D eigenvalue weighted by Gasteiger charge is -2.24. The molecule has 1 aromatic rings. The van der Waals surface area contributed by atoms with Crippen LogP contribution in [-0.2, 0) is 0 Å². The van der Waals surface area contributed by atoms with Gasteiger partial charge < -0.3 is 15.5 Å². The van der Waals surface area contributed by atoms with Crippen LogP contribution < -0.4 is 10.6 Å². The molecule has 0 bridgehead atoms. The van der Waals surface area contributed by atoms with E-state index in [-0.39, 0.29) is 24.0 Å². The molecule has 1 fully saturated rings. The van der Waals surface area contributed by atoms with Gasteiger partial charge in [-0.05, 0) is 52.1 Å². The van der Waals surface area contributed by atoms with Crippen molar-refractivity contribution in [3.05, 3.63) is 35.9 Å². The third-order valence-electron chi connectivity index (χ3n) is 4.63. The molecule has 3 atom stereocenters. The van der Waals surface area contributed by atoms with E-state index in [0.29, 0.717) is 12.1 Å². The fourth-order valence-electron chi connectivity index (χ4n) is 3.22. The molecule has 3 unspecified atom stereocenters. The topological polar surface area (TPSA) is 39.7 Å². The van der Waals surface area contributed by atoms with Crippen molar-refractivity contribution in [2.75, 3.05) is 33.4 Å². The van der Waals surface area contributed by atoms with Gasteiger partial charge in [-0.2, -0.15) is 11.8 Å². The first kappa shape index (κ1) is 22.6. The van der Waals surface area contributed by atoms with E-state index in [2.05, 4.69) is 73.1 Å². The lowest BCUT2D eigenvalue weighted by atomic mass is 10.1. The molecular weight excluding hydrogens is 443 g/mol. The number of likely N-dealkylation sites (N-methyl/N-ethyl adjacent to an activating group) is 1. The number of hydrogen-bond acceptors (Lipinski definition) is 3. The molecule has 4 nitrogen and oxygen atoms in total. The molecule has 1 aromatic carbocycles. The normalized spacial score (nSPS) is 21.7. The summed E-state index contributed by atoms with van der Waals surface area (Å²) in [7, 11) is 4.24. The Morgan fingerprint density at radius 2 is 2.00 bits per heavy atom. The number of thioether (sulfide) groups is 1. The van der Waals surface area contributed by atoms with Crippen molar-refractivity contribution in [3.8, 4) is 0 Å². The van der Waals surface area contributed by atoms with Crippen LogP contribution in [0.25, 0.3) is 0 Å². The molecule has 0 saturated heterocycles. The maximum absolute atomic E-state index is 4.87. The number of hydrogen-bond donors (Lipinski definition) is 2. The van der Waals surface area contributed by atoms with Crippen molar-refractivity contribution in [1.29, 1.82) is 0 Å². The van der Waals surface area contributed by atoms with Gasteiger partial charge in [-0.3, -0.25) is 4.99 Å². The van der Waals surface area contributed by atoms with Gasteiger partial charge in [-0.15, -0.1) is 24.0 Å². The fourth-order valence-corrected chi connectivity index (χ4v) is 4.01. The summed E-state index contributed by atoms with van der Waals surface area (Å²) in [4.78, 5) is 7.11. The minimum Gasteiger partial charge on any atom is -0.357 e. The van der Waals surface area contributed by atoms with Gasteiger partial charge in [0.25, 0.3) is 0 Å². The Morgan fingerprint density at radius 3 is 2.56 bits per heavy atom. The molecule has 25 heavy (non-hydrogen) atoms. The maximum atomic E-state index is 4.87.